The zero-order valence-corrected chi connectivity index (χ0v) is 18.0. The van der Waals surface area contributed by atoms with Gasteiger partial charge in [-0.3, -0.25) is 14.4 Å². The van der Waals surface area contributed by atoms with Crippen LogP contribution >= 0.6 is 0 Å². The zero-order valence-electron chi connectivity index (χ0n) is 18.0. The monoisotopic (exact) mass is 428 g/mol. The van der Waals surface area contributed by atoms with Crippen LogP contribution in [-0.4, -0.2) is 24.7 Å². The van der Waals surface area contributed by atoms with Crippen LogP contribution in [-0.2, 0) is 21.7 Å². The maximum atomic E-state index is 13.8. The Morgan fingerprint density at radius 3 is 2.41 bits per heavy atom. The fourth-order valence-corrected chi connectivity index (χ4v) is 4.22. The van der Waals surface area contributed by atoms with Crippen LogP contribution < -0.4 is 15.0 Å². The number of carbonyl (C=O) groups is 3. The highest BCUT2D eigenvalue weighted by atomic mass is 16.5. The van der Waals surface area contributed by atoms with Crippen molar-refractivity contribution in [2.45, 2.75) is 25.4 Å². The molecule has 2 amide bonds. The molecule has 3 aromatic rings. The highest BCUT2D eigenvalue weighted by molar-refractivity contribution is 6.13. The molecule has 0 spiro atoms. The summed E-state index contributed by atoms with van der Waals surface area (Å²) in [5.74, 6) is -0.419. The quantitative estimate of drug-likeness (QED) is 0.580. The first-order valence-corrected chi connectivity index (χ1v) is 10.4. The smallest absolute Gasteiger partial charge is 0.258 e. The predicted molar refractivity (Wildman–Crippen MR) is 122 cm³/mol. The van der Waals surface area contributed by atoms with Gasteiger partial charge in [0.25, 0.3) is 5.91 Å². The Morgan fingerprint density at radius 2 is 1.69 bits per heavy atom. The third-order valence-corrected chi connectivity index (χ3v) is 5.66. The summed E-state index contributed by atoms with van der Waals surface area (Å²) >= 11 is 0. The molecule has 1 aliphatic rings. The van der Waals surface area contributed by atoms with Crippen molar-refractivity contribution >= 4 is 23.3 Å². The molecule has 1 N–H and O–H groups in total. The summed E-state index contributed by atoms with van der Waals surface area (Å²) in [5, 5.41) is 2.82. The van der Waals surface area contributed by atoms with Crippen molar-refractivity contribution in [1.29, 1.82) is 0 Å². The SMILES string of the molecule is COc1cccc(C(=O)CC2(NC(C)=O)C(=O)N(Cc3ccccc3)c3ccccc32)c1. The third kappa shape index (κ3) is 3.87. The van der Waals surface area contributed by atoms with Crippen molar-refractivity contribution < 1.29 is 19.1 Å². The number of nitrogens with zero attached hydrogens (tertiary/aromatic N) is 1. The molecule has 1 atom stereocenters. The average molecular weight is 428 g/mol. The van der Waals surface area contributed by atoms with E-state index in [0.717, 1.165) is 5.56 Å². The van der Waals surface area contributed by atoms with E-state index in [1.807, 2.05) is 48.5 Å². The number of benzene rings is 3. The summed E-state index contributed by atoms with van der Waals surface area (Å²) in [6, 6.07) is 23.7. The molecule has 3 aromatic carbocycles. The first-order chi connectivity index (χ1) is 15.4. The maximum Gasteiger partial charge on any atom is 0.258 e. The number of hydrogen-bond acceptors (Lipinski definition) is 4. The lowest BCUT2D eigenvalue weighted by Gasteiger charge is -2.29. The number of methoxy groups -OCH3 is 1. The molecule has 6 nitrogen and oxygen atoms in total. The van der Waals surface area contributed by atoms with Crippen LogP contribution in [0.25, 0.3) is 0 Å². The number of nitrogens with one attached hydrogen (secondary N) is 1. The van der Waals surface area contributed by atoms with Gasteiger partial charge in [0, 0.05) is 24.5 Å². The van der Waals surface area contributed by atoms with Crippen LogP contribution in [0.4, 0.5) is 5.69 Å². The van der Waals surface area contributed by atoms with E-state index in [2.05, 4.69) is 5.32 Å². The minimum Gasteiger partial charge on any atom is -0.497 e. The average Bonchev–Trinajstić information content (AvgIpc) is 3.02. The molecule has 162 valence electrons. The molecule has 32 heavy (non-hydrogen) atoms. The third-order valence-electron chi connectivity index (χ3n) is 5.66. The number of anilines is 1. The topological polar surface area (TPSA) is 75.7 Å². The minimum atomic E-state index is -1.47. The molecular weight excluding hydrogens is 404 g/mol. The molecule has 0 aromatic heterocycles. The lowest BCUT2D eigenvalue weighted by molar-refractivity contribution is -0.130. The fraction of sp³-hybridized carbons (Fsp3) is 0.192. The fourth-order valence-electron chi connectivity index (χ4n) is 4.22. The van der Waals surface area contributed by atoms with E-state index < -0.39 is 5.54 Å². The number of rotatable bonds is 7. The number of ether oxygens (including phenoxy) is 1. The van der Waals surface area contributed by atoms with Crippen molar-refractivity contribution in [2.75, 3.05) is 12.0 Å². The minimum absolute atomic E-state index is 0.194. The van der Waals surface area contributed by atoms with Crippen molar-refractivity contribution in [3.05, 3.63) is 95.6 Å². The van der Waals surface area contributed by atoms with Crippen molar-refractivity contribution in [3.63, 3.8) is 0 Å². The molecule has 0 bridgehead atoms. The predicted octanol–water partition coefficient (Wildman–Crippen LogP) is 3.85. The molecule has 1 unspecified atom stereocenters. The summed E-state index contributed by atoms with van der Waals surface area (Å²) in [7, 11) is 1.53. The van der Waals surface area contributed by atoms with E-state index in [9.17, 15) is 14.4 Å². The number of para-hydroxylation sites is 1. The second-order valence-electron chi connectivity index (χ2n) is 7.81. The van der Waals surface area contributed by atoms with E-state index in [0.29, 0.717) is 29.1 Å². The van der Waals surface area contributed by atoms with Gasteiger partial charge in [-0.05, 0) is 23.8 Å². The van der Waals surface area contributed by atoms with E-state index in [4.69, 9.17) is 4.74 Å². The highest BCUT2D eigenvalue weighted by Crippen LogP contribution is 2.43. The van der Waals surface area contributed by atoms with Gasteiger partial charge in [0.2, 0.25) is 5.91 Å². The first-order valence-electron chi connectivity index (χ1n) is 10.4. The standard InChI is InChI=1S/C26H24N2O4/c1-18(29)27-26(16-24(30)20-11-8-12-21(15-20)32-2)22-13-6-7-14-23(22)28(25(26)31)17-19-9-4-3-5-10-19/h3-15H,16-17H2,1-2H3,(H,27,29). The van der Waals surface area contributed by atoms with Crippen molar-refractivity contribution in [2.24, 2.45) is 0 Å². The summed E-state index contributed by atoms with van der Waals surface area (Å²) in [6.07, 6.45) is -0.194. The van der Waals surface area contributed by atoms with E-state index in [1.165, 1.54) is 14.0 Å². The number of carbonyl (C=O) groups excluding carboxylic acids is 3. The van der Waals surface area contributed by atoms with Crippen LogP contribution in [0.1, 0.15) is 34.8 Å². The van der Waals surface area contributed by atoms with Crippen molar-refractivity contribution in [1.82, 2.24) is 5.32 Å². The Hall–Kier alpha value is -3.93. The number of amides is 2. The summed E-state index contributed by atoms with van der Waals surface area (Å²) < 4.78 is 5.23. The van der Waals surface area contributed by atoms with E-state index in [1.54, 1.807) is 35.2 Å². The molecule has 4 rings (SSSR count). The van der Waals surface area contributed by atoms with Crippen LogP contribution in [0.15, 0.2) is 78.9 Å². The van der Waals surface area contributed by atoms with Crippen LogP contribution in [0, 0.1) is 0 Å². The summed E-state index contributed by atoms with van der Waals surface area (Å²) in [5.41, 5.74) is 1.20. The Balaban J connectivity index is 1.77. The van der Waals surface area contributed by atoms with Crippen LogP contribution in [0.5, 0.6) is 5.75 Å². The second kappa shape index (κ2) is 8.67. The maximum absolute atomic E-state index is 13.8. The van der Waals surface area contributed by atoms with Gasteiger partial charge >= 0.3 is 0 Å². The molecule has 1 aliphatic heterocycles. The Kier molecular flexibility index (Phi) is 5.77. The van der Waals surface area contributed by atoms with Gasteiger partial charge in [0.05, 0.1) is 19.3 Å². The molecule has 0 fully saturated rings. The normalized spacial score (nSPS) is 17.1. The first kappa shape index (κ1) is 21.3. The largest absolute Gasteiger partial charge is 0.497 e. The lowest BCUT2D eigenvalue weighted by Crippen LogP contribution is -2.53. The molecule has 1 heterocycles. The Labute approximate surface area is 186 Å². The van der Waals surface area contributed by atoms with Gasteiger partial charge in [-0.25, -0.2) is 0 Å². The van der Waals surface area contributed by atoms with Gasteiger partial charge in [0.15, 0.2) is 11.3 Å². The van der Waals surface area contributed by atoms with Gasteiger partial charge in [-0.1, -0.05) is 60.7 Å². The number of fused-ring (bicyclic) bond motifs is 1. The molecule has 0 radical (unpaired) electrons. The highest BCUT2D eigenvalue weighted by Gasteiger charge is 2.52. The van der Waals surface area contributed by atoms with Gasteiger partial charge in [0.1, 0.15) is 5.75 Å². The van der Waals surface area contributed by atoms with Crippen LogP contribution in [0.3, 0.4) is 0 Å². The van der Waals surface area contributed by atoms with E-state index >= 15 is 0 Å². The Bertz CT molecular complexity index is 1180. The lowest BCUT2D eigenvalue weighted by atomic mass is 9.84. The second-order valence-corrected chi connectivity index (χ2v) is 7.81. The molecular formula is C26H24N2O4. The summed E-state index contributed by atoms with van der Waals surface area (Å²) in [4.78, 5) is 41.0. The van der Waals surface area contributed by atoms with Gasteiger partial charge < -0.3 is 15.0 Å². The van der Waals surface area contributed by atoms with E-state index in [-0.39, 0.29) is 24.0 Å². The van der Waals surface area contributed by atoms with Gasteiger partial charge in [-0.15, -0.1) is 0 Å². The molecule has 0 aliphatic carbocycles. The Morgan fingerprint density at radius 1 is 0.969 bits per heavy atom. The molecule has 0 saturated heterocycles. The number of hydrogen-bond donors (Lipinski definition) is 1. The number of ketones is 1. The van der Waals surface area contributed by atoms with Crippen molar-refractivity contribution in [3.8, 4) is 5.75 Å². The molecule has 6 heteroatoms. The zero-order chi connectivity index (χ0) is 22.7. The van der Waals surface area contributed by atoms with Crippen LogP contribution in [0.2, 0.25) is 0 Å². The van der Waals surface area contributed by atoms with Gasteiger partial charge in [-0.2, -0.15) is 0 Å². The number of Topliss-reactive ketones (excluding diaryl/α,β-unsaturated/α-hetero) is 1. The molecule has 0 saturated carbocycles. The summed E-state index contributed by atoms with van der Waals surface area (Å²) in [6.45, 7) is 1.69.